The molecule has 25 heavy (non-hydrogen) atoms. The van der Waals surface area contributed by atoms with Crippen LogP contribution >= 0.6 is 27.3 Å². The maximum Gasteiger partial charge on any atom is 0.163 e. The zero-order chi connectivity index (χ0) is 17.8. The van der Waals surface area contributed by atoms with Crippen molar-refractivity contribution in [3.05, 3.63) is 69.1 Å². The molecule has 0 fully saturated rings. The van der Waals surface area contributed by atoms with E-state index in [9.17, 15) is 5.11 Å². The number of benzene rings is 1. The van der Waals surface area contributed by atoms with E-state index >= 15 is 0 Å². The van der Waals surface area contributed by atoms with Gasteiger partial charge in [0.15, 0.2) is 10.8 Å². The molecular formula is C19H18BrN3OS. The summed E-state index contributed by atoms with van der Waals surface area (Å²) in [6.07, 6.45) is 10.1. The highest BCUT2D eigenvalue weighted by molar-refractivity contribution is 9.10. The van der Waals surface area contributed by atoms with Gasteiger partial charge in [0.1, 0.15) is 5.75 Å². The van der Waals surface area contributed by atoms with Gasteiger partial charge in [0.05, 0.1) is 11.7 Å². The van der Waals surface area contributed by atoms with Gasteiger partial charge in [-0.15, -0.1) is 11.3 Å². The Kier molecular flexibility index (Phi) is 5.50. The van der Waals surface area contributed by atoms with E-state index in [4.69, 9.17) is 0 Å². The third kappa shape index (κ3) is 3.91. The van der Waals surface area contributed by atoms with E-state index < -0.39 is 0 Å². The quantitative estimate of drug-likeness (QED) is 0.722. The second-order valence-corrected chi connectivity index (χ2v) is 6.93. The number of rotatable bonds is 2. The number of aliphatic imine (C=N–C) groups is 1. The third-order valence-corrected chi connectivity index (χ3v) is 4.87. The topological polar surface area (TPSA) is 57.5 Å². The maximum atomic E-state index is 10.0. The Morgan fingerprint density at radius 2 is 2.08 bits per heavy atom. The molecule has 1 aliphatic heterocycles. The van der Waals surface area contributed by atoms with Crippen molar-refractivity contribution in [2.24, 2.45) is 4.99 Å². The normalized spacial score (nSPS) is 17.6. The van der Waals surface area contributed by atoms with Crippen molar-refractivity contribution >= 4 is 33.1 Å². The highest BCUT2D eigenvalue weighted by Gasteiger charge is 2.18. The molecule has 1 unspecified atom stereocenters. The average Bonchev–Trinajstić information content (AvgIpc) is 3.06. The SMILES string of the molecule is CC.Oc1ccc(Br)cc1-c1csc(C2=NC3C=CC=CC(=C3)N2)n1. The number of hydrogen-bond acceptors (Lipinski definition) is 5. The van der Waals surface area contributed by atoms with Crippen molar-refractivity contribution in [2.45, 2.75) is 19.9 Å². The number of nitrogens with zero attached hydrogens (tertiary/aromatic N) is 2. The Hall–Kier alpha value is -2.18. The third-order valence-electron chi connectivity index (χ3n) is 3.53. The van der Waals surface area contributed by atoms with Crippen LogP contribution in [0, 0.1) is 0 Å². The van der Waals surface area contributed by atoms with E-state index in [0.717, 1.165) is 26.7 Å². The summed E-state index contributed by atoms with van der Waals surface area (Å²) in [6.45, 7) is 4.00. The van der Waals surface area contributed by atoms with Gasteiger partial charge in [0.2, 0.25) is 0 Å². The Morgan fingerprint density at radius 1 is 1.24 bits per heavy atom. The fourth-order valence-electron chi connectivity index (χ4n) is 2.44. The van der Waals surface area contributed by atoms with E-state index in [1.807, 2.05) is 49.6 Å². The first-order valence-electron chi connectivity index (χ1n) is 8.05. The van der Waals surface area contributed by atoms with Gasteiger partial charge < -0.3 is 10.4 Å². The van der Waals surface area contributed by atoms with Crippen LogP contribution in [-0.4, -0.2) is 22.0 Å². The number of fused-ring (bicyclic) bond motifs is 1. The second-order valence-electron chi connectivity index (χ2n) is 5.16. The van der Waals surface area contributed by atoms with Crippen molar-refractivity contribution < 1.29 is 5.11 Å². The second kappa shape index (κ2) is 7.80. The number of amidine groups is 1. The van der Waals surface area contributed by atoms with Crippen molar-refractivity contribution in [3.63, 3.8) is 0 Å². The van der Waals surface area contributed by atoms with Gasteiger partial charge >= 0.3 is 0 Å². The van der Waals surface area contributed by atoms with Gasteiger partial charge in [0.25, 0.3) is 0 Å². The number of aromatic hydroxyl groups is 1. The number of phenolic OH excluding ortho intramolecular Hbond substituents is 1. The number of thiazole rings is 1. The van der Waals surface area contributed by atoms with E-state index in [2.05, 4.69) is 37.3 Å². The molecule has 1 atom stereocenters. The molecule has 1 aromatic carbocycles. The maximum absolute atomic E-state index is 10.0. The first-order chi connectivity index (χ1) is 12.2. The summed E-state index contributed by atoms with van der Waals surface area (Å²) in [5.41, 5.74) is 2.46. The van der Waals surface area contributed by atoms with E-state index in [1.165, 1.54) is 11.3 Å². The molecule has 6 heteroatoms. The highest BCUT2D eigenvalue weighted by Crippen LogP contribution is 2.32. The summed E-state index contributed by atoms with van der Waals surface area (Å²) in [7, 11) is 0. The fraction of sp³-hybridized carbons (Fsp3) is 0.158. The van der Waals surface area contributed by atoms with Gasteiger partial charge in [0, 0.05) is 21.1 Å². The minimum absolute atomic E-state index is 0.0304. The lowest BCUT2D eigenvalue weighted by molar-refractivity contribution is 0.477. The largest absolute Gasteiger partial charge is 0.507 e. The molecule has 2 heterocycles. The van der Waals surface area contributed by atoms with Crippen LogP contribution in [0.15, 0.2) is 69.1 Å². The lowest BCUT2D eigenvalue weighted by Crippen LogP contribution is -2.28. The Balaban J connectivity index is 0.000000880. The van der Waals surface area contributed by atoms with E-state index in [0.29, 0.717) is 5.56 Å². The molecule has 2 aliphatic rings. The number of hydrogen-bond donors (Lipinski definition) is 2. The van der Waals surface area contributed by atoms with Crippen molar-refractivity contribution in [3.8, 4) is 17.0 Å². The first kappa shape index (κ1) is 17.6. The highest BCUT2D eigenvalue weighted by atomic mass is 79.9. The Morgan fingerprint density at radius 3 is 2.92 bits per heavy atom. The molecular weight excluding hydrogens is 398 g/mol. The summed E-state index contributed by atoms with van der Waals surface area (Å²) in [4.78, 5) is 9.29. The van der Waals surface area contributed by atoms with Crippen LogP contribution in [0.3, 0.4) is 0 Å². The van der Waals surface area contributed by atoms with Gasteiger partial charge in [-0.25, -0.2) is 4.98 Å². The summed E-state index contributed by atoms with van der Waals surface area (Å²) in [6, 6.07) is 5.35. The Labute approximate surface area is 159 Å². The summed E-state index contributed by atoms with van der Waals surface area (Å²) in [5.74, 6) is 0.972. The zero-order valence-electron chi connectivity index (χ0n) is 13.9. The molecule has 0 saturated heterocycles. The summed E-state index contributed by atoms with van der Waals surface area (Å²) >= 11 is 4.93. The molecule has 2 N–H and O–H groups in total. The molecule has 0 spiro atoms. The minimum atomic E-state index is 0.0304. The van der Waals surface area contributed by atoms with Crippen LogP contribution in [0.25, 0.3) is 11.3 Å². The molecule has 1 aliphatic carbocycles. The van der Waals surface area contributed by atoms with Crippen molar-refractivity contribution in [2.75, 3.05) is 0 Å². The van der Waals surface area contributed by atoms with Gasteiger partial charge in [-0.1, -0.05) is 48.0 Å². The molecule has 128 valence electrons. The number of phenols is 1. The van der Waals surface area contributed by atoms with Crippen molar-refractivity contribution in [1.29, 1.82) is 0 Å². The number of halogens is 1. The predicted molar refractivity (Wildman–Crippen MR) is 108 cm³/mol. The lowest BCUT2D eigenvalue weighted by atomic mass is 10.1. The van der Waals surface area contributed by atoms with Gasteiger partial charge in [-0.3, -0.25) is 4.99 Å². The smallest absolute Gasteiger partial charge is 0.163 e. The van der Waals surface area contributed by atoms with Crippen LogP contribution < -0.4 is 5.32 Å². The van der Waals surface area contributed by atoms with Crippen LogP contribution in [0.2, 0.25) is 0 Å². The van der Waals surface area contributed by atoms with Crippen LogP contribution in [0.4, 0.5) is 0 Å². The molecule has 0 radical (unpaired) electrons. The van der Waals surface area contributed by atoms with Crippen LogP contribution in [0.5, 0.6) is 5.75 Å². The van der Waals surface area contributed by atoms with Gasteiger partial charge in [-0.05, 0) is 30.4 Å². The molecule has 1 aromatic heterocycles. The molecule has 2 aromatic rings. The number of nitrogens with one attached hydrogen (secondary N) is 1. The molecule has 0 saturated carbocycles. The fourth-order valence-corrected chi connectivity index (χ4v) is 3.57. The molecule has 4 rings (SSSR count). The van der Waals surface area contributed by atoms with E-state index in [-0.39, 0.29) is 11.8 Å². The predicted octanol–water partition coefficient (Wildman–Crippen LogP) is 5.03. The monoisotopic (exact) mass is 415 g/mol. The number of allylic oxidation sites excluding steroid dienone is 3. The standard InChI is InChI=1S/C17H12BrN3OS.C2H6/c18-10-5-6-15(22)13(7-10)14-9-23-17(21-14)16-19-11-3-1-2-4-12(8-11)20-16;1-2/h1-9,11,22H,(H,19,20);1-2H3. The zero-order valence-corrected chi connectivity index (χ0v) is 16.3. The minimum Gasteiger partial charge on any atom is -0.507 e. The lowest BCUT2D eigenvalue weighted by Gasteiger charge is -2.16. The summed E-state index contributed by atoms with van der Waals surface area (Å²) < 4.78 is 0.902. The Bertz CT molecular complexity index is 896. The van der Waals surface area contributed by atoms with Crippen LogP contribution in [-0.2, 0) is 0 Å². The summed E-state index contributed by atoms with van der Waals surface area (Å²) in [5, 5.41) is 16.1. The first-order valence-corrected chi connectivity index (χ1v) is 9.72. The molecule has 4 nitrogen and oxygen atoms in total. The van der Waals surface area contributed by atoms with Gasteiger partial charge in [-0.2, -0.15) is 0 Å². The van der Waals surface area contributed by atoms with E-state index in [1.54, 1.807) is 12.1 Å². The average molecular weight is 416 g/mol. The van der Waals surface area contributed by atoms with Crippen molar-refractivity contribution in [1.82, 2.24) is 10.3 Å². The number of aromatic nitrogens is 1. The van der Waals surface area contributed by atoms with Crippen LogP contribution in [0.1, 0.15) is 18.9 Å². The molecule has 2 bridgehead atoms. The molecule has 0 amide bonds.